The number of aliphatic carboxylic acids is 1. The number of carbonyl (C=O) groups is 1. The third kappa shape index (κ3) is 3.30. The van der Waals surface area contributed by atoms with Crippen molar-refractivity contribution in [1.82, 2.24) is 4.98 Å². The van der Waals surface area contributed by atoms with Crippen molar-refractivity contribution in [1.29, 1.82) is 0 Å². The third-order valence-corrected chi connectivity index (χ3v) is 4.79. The van der Waals surface area contributed by atoms with E-state index in [1.807, 2.05) is 6.92 Å². The van der Waals surface area contributed by atoms with E-state index in [2.05, 4.69) is 16.8 Å². The molecule has 0 saturated heterocycles. The predicted molar refractivity (Wildman–Crippen MR) is 79.8 cm³/mol. The summed E-state index contributed by atoms with van der Waals surface area (Å²) in [5, 5.41) is 10.2. The van der Waals surface area contributed by atoms with Gasteiger partial charge in [-0.05, 0) is 33.1 Å². The van der Waals surface area contributed by atoms with Crippen molar-refractivity contribution in [2.75, 3.05) is 31.2 Å². The molecule has 0 saturated carbocycles. The molecule has 0 fully saturated rings. The fourth-order valence-corrected chi connectivity index (χ4v) is 3.74. The van der Waals surface area contributed by atoms with E-state index in [1.165, 1.54) is 0 Å². The van der Waals surface area contributed by atoms with Crippen LogP contribution in [-0.4, -0.2) is 42.4 Å². The topological polar surface area (TPSA) is 62.7 Å². The highest BCUT2D eigenvalue weighted by atomic mass is 32.1. The van der Waals surface area contributed by atoms with Crippen LogP contribution in [-0.2, 0) is 16.0 Å². The van der Waals surface area contributed by atoms with Crippen LogP contribution in [0.15, 0.2) is 0 Å². The molecule has 0 radical (unpaired) electrons. The number of hydrogen-bond donors (Lipinski definition) is 1. The van der Waals surface area contributed by atoms with Gasteiger partial charge in [0.25, 0.3) is 0 Å². The van der Waals surface area contributed by atoms with Crippen molar-refractivity contribution in [2.24, 2.45) is 0 Å². The van der Waals surface area contributed by atoms with E-state index in [1.54, 1.807) is 11.3 Å². The number of hydrogen-bond acceptors (Lipinski definition) is 5. The molecule has 1 unspecified atom stereocenters. The van der Waals surface area contributed by atoms with Crippen molar-refractivity contribution in [3.05, 3.63) is 10.6 Å². The lowest BCUT2D eigenvalue weighted by Gasteiger charge is -2.19. The SMILES string of the molecule is CCOCCN(CC)c1nc2c(s1)CCCC2C(=O)O. The van der Waals surface area contributed by atoms with Crippen LogP contribution < -0.4 is 4.90 Å². The molecule has 0 bridgehead atoms. The molecule has 0 amide bonds. The summed E-state index contributed by atoms with van der Waals surface area (Å²) in [4.78, 5) is 19.2. The number of ether oxygens (including phenoxy) is 1. The van der Waals surface area contributed by atoms with E-state index in [0.29, 0.717) is 19.6 Å². The van der Waals surface area contributed by atoms with Gasteiger partial charge in [0.1, 0.15) is 5.92 Å². The van der Waals surface area contributed by atoms with Gasteiger partial charge in [-0.1, -0.05) is 0 Å². The molecule has 20 heavy (non-hydrogen) atoms. The highest BCUT2D eigenvalue weighted by Gasteiger charge is 2.30. The summed E-state index contributed by atoms with van der Waals surface area (Å²) in [6.07, 6.45) is 2.60. The largest absolute Gasteiger partial charge is 0.481 e. The van der Waals surface area contributed by atoms with Gasteiger partial charge < -0.3 is 14.7 Å². The number of anilines is 1. The quantitative estimate of drug-likeness (QED) is 0.784. The second-order valence-corrected chi connectivity index (χ2v) is 5.93. The van der Waals surface area contributed by atoms with Crippen LogP contribution in [0.2, 0.25) is 0 Å². The molecule has 1 N–H and O–H groups in total. The number of likely N-dealkylation sites (N-methyl/N-ethyl adjacent to an activating group) is 1. The first kappa shape index (κ1) is 15.3. The Kier molecular flexibility index (Phi) is 5.37. The second-order valence-electron chi connectivity index (χ2n) is 4.86. The number of fused-ring (bicyclic) bond motifs is 1. The summed E-state index contributed by atoms with van der Waals surface area (Å²) in [5.41, 5.74) is 0.790. The van der Waals surface area contributed by atoms with E-state index in [-0.39, 0.29) is 0 Å². The first-order chi connectivity index (χ1) is 9.67. The van der Waals surface area contributed by atoms with Crippen LogP contribution in [0.25, 0.3) is 0 Å². The molecular weight excluding hydrogens is 276 g/mol. The molecule has 0 spiro atoms. The summed E-state index contributed by atoms with van der Waals surface area (Å²) >= 11 is 1.64. The van der Waals surface area contributed by atoms with E-state index in [9.17, 15) is 9.90 Å². The van der Waals surface area contributed by atoms with Crippen LogP contribution in [0.1, 0.15) is 43.2 Å². The predicted octanol–water partition coefficient (Wildman–Crippen LogP) is 2.51. The van der Waals surface area contributed by atoms with Crippen LogP contribution in [0.4, 0.5) is 5.13 Å². The smallest absolute Gasteiger partial charge is 0.312 e. The summed E-state index contributed by atoms with van der Waals surface area (Å²) in [6, 6.07) is 0. The molecular formula is C14H22N2O3S. The lowest BCUT2D eigenvalue weighted by Crippen LogP contribution is -2.27. The summed E-state index contributed by atoms with van der Waals surface area (Å²) < 4.78 is 5.39. The lowest BCUT2D eigenvalue weighted by molar-refractivity contribution is -0.139. The fraction of sp³-hybridized carbons (Fsp3) is 0.714. The van der Waals surface area contributed by atoms with Gasteiger partial charge in [-0.3, -0.25) is 4.79 Å². The molecule has 1 aliphatic rings. The Morgan fingerprint density at radius 3 is 3.00 bits per heavy atom. The minimum atomic E-state index is -0.750. The van der Waals surface area contributed by atoms with E-state index < -0.39 is 11.9 Å². The highest BCUT2D eigenvalue weighted by Crippen LogP contribution is 2.37. The Balaban J connectivity index is 2.15. The van der Waals surface area contributed by atoms with Gasteiger partial charge in [-0.25, -0.2) is 4.98 Å². The van der Waals surface area contributed by atoms with Crippen LogP contribution in [0, 0.1) is 0 Å². The average Bonchev–Trinajstić information content (AvgIpc) is 2.86. The number of rotatable bonds is 7. The standard InChI is InChI=1S/C14H22N2O3S/c1-3-16(8-9-19-4-2)14-15-12-10(13(17)18)6-5-7-11(12)20-14/h10H,3-9H2,1-2H3,(H,17,18). The maximum absolute atomic E-state index is 11.3. The molecule has 112 valence electrons. The molecule has 5 nitrogen and oxygen atoms in total. The molecule has 6 heteroatoms. The van der Waals surface area contributed by atoms with Gasteiger partial charge in [0, 0.05) is 24.6 Å². The number of nitrogens with zero attached hydrogens (tertiary/aromatic N) is 2. The molecule has 1 aromatic heterocycles. The van der Waals surface area contributed by atoms with Crippen molar-refractivity contribution in [3.8, 4) is 0 Å². The molecule has 0 aromatic carbocycles. The van der Waals surface area contributed by atoms with Gasteiger partial charge in [-0.2, -0.15) is 0 Å². The second kappa shape index (κ2) is 7.04. The van der Waals surface area contributed by atoms with Gasteiger partial charge >= 0.3 is 5.97 Å². The minimum Gasteiger partial charge on any atom is -0.481 e. The zero-order valence-electron chi connectivity index (χ0n) is 12.1. The van der Waals surface area contributed by atoms with Crippen molar-refractivity contribution >= 4 is 22.4 Å². The highest BCUT2D eigenvalue weighted by molar-refractivity contribution is 7.15. The molecule has 1 atom stereocenters. The van der Waals surface area contributed by atoms with Crippen molar-refractivity contribution in [3.63, 3.8) is 0 Å². The summed E-state index contributed by atoms with van der Waals surface area (Å²) in [6.45, 7) is 7.12. The first-order valence-electron chi connectivity index (χ1n) is 7.22. The van der Waals surface area contributed by atoms with Crippen LogP contribution in [0.3, 0.4) is 0 Å². The van der Waals surface area contributed by atoms with Crippen molar-refractivity contribution in [2.45, 2.75) is 39.0 Å². The number of thiazole rings is 1. The molecule has 1 heterocycles. The molecule has 1 aromatic rings. The van der Waals surface area contributed by atoms with Gasteiger partial charge in [0.2, 0.25) is 0 Å². The minimum absolute atomic E-state index is 0.422. The summed E-state index contributed by atoms with van der Waals surface area (Å²) in [5.74, 6) is -1.17. The Morgan fingerprint density at radius 1 is 1.55 bits per heavy atom. The normalized spacial score (nSPS) is 17.8. The molecule has 0 aliphatic heterocycles. The van der Waals surface area contributed by atoms with E-state index >= 15 is 0 Å². The van der Waals surface area contributed by atoms with Gasteiger partial charge in [-0.15, -0.1) is 11.3 Å². The average molecular weight is 298 g/mol. The van der Waals surface area contributed by atoms with E-state index in [4.69, 9.17) is 4.74 Å². The number of carboxylic acid groups (broad SMARTS) is 1. The monoisotopic (exact) mass is 298 g/mol. The molecule has 1 aliphatic carbocycles. The van der Waals surface area contributed by atoms with Crippen LogP contribution in [0.5, 0.6) is 0 Å². The van der Waals surface area contributed by atoms with Gasteiger partial charge in [0.15, 0.2) is 5.13 Å². The van der Waals surface area contributed by atoms with Gasteiger partial charge in [0.05, 0.1) is 12.3 Å². The fourth-order valence-electron chi connectivity index (χ4n) is 2.49. The zero-order chi connectivity index (χ0) is 14.5. The summed E-state index contributed by atoms with van der Waals surface area (Å²) in [7, 11) is 0. The Hall–Kier alpha value is -1.14. The first-order valence-corrected chi connectivity index (χ1v) is 8.04. The Morgan fingerprint density at radius 2 is 2.35 bits per heavy atom. The van der Waals surface area contributed by atoms with E-state index in [0.717, 1.165) is 41.6 Å². The zero-order valence-corrected chi connectivity index (χ0v) is 12.9. The third-order valence-electron chi connectivity index (χ3n) is 3.60. The maximum atomic E-state index is 11.3. The number of carboxylic acids is 1. The number of aromatic nitrogens is 1. The van der Waals surface area contributed by atoms with Crippen molar-refractivity contribution < 1.29 is 14.6 Å². The maximum Gasteiger partial charge on any atom is 0.312 e. The lowest BCUT2D eigenvalue weighted by atomic mass is 9.91. The Bertz CT molecular complexity index is 461. The molecule has 2 rings (SSSR count). The number of aryl methyl sites for hydroxylation is 1. The Labute approximate surface area is 123 Å². The van der Waals surface area contributed by atoms with Crippen LogP contribution >= 0.6 is 11.3 Å².